The minimum atomic E-state index is 0.609. The molecule has 2 rings (SSSR count). The predicted octanol–water partition coefficient (Wildman–Crippen LogP) is 1.73. The molecule has 0 amide bonds. The third kappa shape index (κ3) is 1.49. The fourth-order valence-corrected chi connectivity index (χ4v) is 1.79. The highest BCUT2D eigenvalue weighted by Gasteiger charge is 2.05. The number of nitrogens with two attached hydrogens (primary N) is 1. The van der Waals surface area contributed by atoms with Crippen LogP contribution in [0.2, 0.25) is 5.02 Å². The van der Waals surface area contributed by atoms with Crippen LogP contribution < -0.4 is 5.73 Å². The summed E-state index contributed by atoms with van der Waals surface area (Å²) in [5.74, 6) is 0. The summed E-state index contributed by atoms with van der Waals surface area (Å²) in [7, 11) is 1.95. The first-order valence-corrected chi connectivity index (χ1v) is 4.89. The lowest BCUT2D eigenvalue weighted by atomic mass is 10.1. The molecule has 0 bridgehead atoms. The molecular weight excluding hydrogens is 198 g/mol. The van der Waals surface area contributed by atoms with E-state index in [-0.39, 0.29) is 0 Å². The van der Waals surface area contributed by atoms with Gasteiger partial charge in [-0.25, -0.2) is 4.98 Å². The van der Waals surface area contributed by atoms with E-state index in [0.717, 1.165) is 28.0 Å². The van der Waals surface area contributed by atoms with E-state index in [1.54, 1.807) is 6.33 Å². The number of rotatable bonds is 2. The van der Waals surface area contributed by atoms with Crippen molar-refractivity contribution >= 4 is 22.6 Å². The van der Waals surface area contributed by atoms with E-state index in [2.05, 4.69) is 4.98 Å². The molecule has 0 aliphatic rings. The van der Waals surface area contributed by atoms with Crippen LogP contribution in [0.1, 0.15) is 5.56 Å². The lowest BCUT2D eigenvalue weighted by Crippen LogP contribution is -2.03. The van der Waals surface area contributed by atoms with Crippen LogP contribution in [-0.2, 0) is 13.5 Å². The second-order valence-corrected chi connectivity index (χ2v) is 3.73. The zero-order chi connectivity index (χ0) is 10.1. The summed E-state index contributed by atoms with van der Waals surface area (Å²) >= 11 is 6.11. The van der Waals surface area contributed by atoms with Gasteiger partial charge in [-0.05, 0) is 30.7 Å². The summed E-state index contributed by atoms with van der Waals surface area (Å²) in [6.45, 7) is 0.609. The van der Waals surface area contributed by atoms with Gasteiger partial charge in [0.1, 0.15) is 0 Å². The fraction of sp³-hybridized carbons (Fsp3) is 0.300. The summed E-state index contributed by atoms with van der Waals surface area (Å²) in [4.78, 5) is 4.27. The maximum atomic E-state index is 6.11. The van der Waals surface area contributed by atoms with Crippen LogP contribution in [0, 0.1) is 0 Å². The van der Waals surface area contributed by atoms with Crippen molar-refractivity contribution in [2.75, 3.05) is 6.54 Å². The SMILES string of the molecule is Cn1cnc2cc(CCN)c(Cl)cc21. The predicted molar refractivity (Wildman–Crippen MR) is 58.5 cm³/mol. The zero-order valence-electron chi connectivity index (χ0n) is 8.00. The lowest BCUT2D eigenvalue weighted by Gasteiger charge is -2.03. The van der Waals surface area contributed by atoms with Gasteiger partial charge in [-0.2, -0.15) is 0 Å². The largest absolute Gasteiger partial charge is 0.334 e. The van der Waals surface area contributed by atoms with Crippen molar-refractivity contribution in [2.45, 2.75) is 6.42 Å². The molecule has 0 radical (unpaired) electrons. The van der Waals surface area contributed by atoms with Crippen molar-refractivity contribution in [3.63, 3.8) is 0 Å². The van der Waals surface area contributed by atoms with E-state index in [9.17, 15) is 0 Å². The Kier molecular flexibility index (Phi) is 2.44. The molecule has 1 aromatic carbocycles. The smallest absolute Gasteiger partial charge is 0.0955 e. The average Bonchev–Trinajstić information content (AvgIpc) is 2.50. The molecule has 0 spiro atoms. The second kappa shape index (κ2) is 3.59. The fourth-order valence-electron chi connectivity index (χ4n) is 1.54. The van der Waals surface area contributed by atoms with Crippen molar-refractivity contribution in [1.82, 2.24) is 9.55 Å². The number of fused-ring (bicyclic) bond motifs is 1. The number of benzene rings is 1. The van der Waals surface area contributed by atoms with Gasteiger partial charge in [0.2, 0.25) is 0 Å². The quantitative estimate of drug-likeness (QED) is 0.819. The van der Waals surface area contributed by atoms with Gasteiger partial charge in [0.25, 0.3) is 0 Å². The Morgan fingerprint density at radius 3 is 3.00 bits per heavy atom. The van der Waals surface area contributed by atoms with E-state index in [4.69, 9.17) is 17.3 Å². The Morgan fingerprint density at radius 1 is 1.50 bits per heavy atom. The van der Waals surface area contributed by atoms with Crippen molar-refractivity contribution in [1.29, 1.82) is 0 Å². The summed E-state index contributed by atoms with van der Waals surface area (Å²) in [5, 5.41) is 0.770. The number of aryl methyl sites for hydroxylation is 1. The maximum absolute atomic E-state index is 6.11. The lowest BCUT2D eigenvalue weighted by molar-refractivity contribution is 0.946. The Hall–Kier alpha value is -1.06. The number of nitrogens with zero attached hydrogens (tertiary/aromatic N) is 2. The van der Waals surface area contributed by atoms with E-state index < -0.39 is 0 Å². The number of hydrogen-bond donors (Lipinski definition) is 1. The van der Waals surface area contributed by atoms with E-state index >= 15 is 0 Å². The van der Waals surface area contributed by atoms with Crippen molar-refractivity contribution in [2.24, 2.45) is 12.8 Å². The Morgan fingerprint density at radius 2 is 2.29 bits per heavy atom. The molecule has 2 N–H and O–H groups in total. The average molecular weight is 210 g/mol. The molecule has 0 aliphatic heterocycles. The summed E-state index contributed by atoms with van der Waals surface area (Å²) < 4.78 is 1.95. The number of imidazole rings is 1. The highest BCUT2D eigenvalue weighted by atomic mass is 35.5. The van der Waals surface area contributed by atoms with E-state index in [0.29, 0.717) is 6.54 Å². The van der Waals surface area contributed by atoms with Crippen LogP contribution in [0.3, 0.4) is 0 Å². The van der Waals surface area contributed by atoms with Crippen LogP contribution in [0.5, 0.6) is 0 Å². The third-order valence-electron chi connectivity index (χ3n) is 2.31. The second-order valence-electron chi connectivity index (χ2n) is 3.33. The van der Waals surface area contributed by atoms with Gasteiger partial charge in [0.05, 0.1) is 17.4 Å². The van der Waals surface area contributed by atoms with Gasteiger partial charge in [-0.1, -0.05) is 11.6 Å². The van der Waals surface area contributed by atoms with Crippen LogP contribution >= 0.6 is 11.6 Å². The molecule has 4 heteroatoms. The maximum Gasteiger partial charge on any atom is 0.0955 e. The van der Waals surface area contributed by atoms with Crippen LogP contribution in [-0.4, -0.2) is 16.1 Å². The molecule has 14 heavy (non-hydrogen) atoms. The molecular formula is C10H12ClN3. The van der Waals surface area contributed by atoms with Gasteiger partial charge in [0, 0.05) is 12.1 Å². The van der Waals surface area contributed by atoms with Crippen molar-refractivity contribution in [3.05, 3.63) is 29.0 Å². The minimum Gasteiger partial charge on any atom is -0.334 e. The highest BCUT2D eigenvalue weighted by molar-refractivity contribution is 6.32. The Balaban J connectivity index is 2.60. The first kappa shape index (κ1) is 9.49. The molecule has 74 valence electrons. The highest BCUT2D eigenvalue weighted by Crippen LogP contribution is 2.23. The van der Waals surface area contributed by atoms with E-state index in [1.165, 1.54) is 0 Å². The van der Waals surface area contributed by atoms with Crippen molar-refractivity contribution < 1.29 is 0 Å². The van der Waals surface area contributed by atoms with E-state index in [1.807, 2.05) is 23.7 Å². The van der Waals surface area contributed by atoms with Gasteiger partial charge >= 0.3 is 0 Å². The van der Waals surface area contributed by atoms with Crippen LogP contribution in [0.4, 0.5) is 0 Å². The summed E-state index contributed by atoms with van der Waals surface area (Å²) in [6.07, 6.45) is 2.58. The molecule has 1 aromatic heterocycles. The normalized spacial score (nSPS) is 11.1. The molecule has 0 fully saturated rings. The monoisotopic (exact) mass is 209 g/mol. The van der Waals surface area contributed by atoms with Crippen LogP contribution in [0.15, 0.2) is 18.5 Å². The molecule has 0 saturated heterocycles. The summed E-state index contributed by atoms with van der Waals surface area (Å²) in [5.41, 5.74) is 8.59. The first-order chi connectivity index (χ1) is 6.72. The summed E-state index contributed by atoms with van der Waals surface area (Å²) in [6, 6.07) is 3.94. The van der Waals surface area contributed by atoms with Crippen molar-refractivity contribution in [3.8, 4) is 0 Å². The number of hydrogen-bond acceptors (Lipinski definition) is 2. The Bertz CT molecular complexity index is 462. The molecule has 0 atom stereocenters. The van der Waals surface area contributed by atoms with Gasteiger partial charge in [-0.3, -0.25) is 0 Å². The molecule has 3 nitrogen and oxygen atoms in total. The van der Waals surface area contributed by atoms with Gasteiger partial charge < -0.3 is 10.3 Å². The minimum absolute atomic E-state index is 0.609. The molecule has 0 saturated carbocycles. The molecule has 0 aliphatic carbocycles. The van der Waals surface area contributed by atoms with Gasteiger partial charge in [-0.15, -0.1) is 0 Å². The van der Waals surface area contributed by atoms with Crippen LogP contribution in [0.25, 0.3) is 11.0 Å². The topological polar surface area (TPSA) is 43.8 Å². The standard InChI is InChI=1S/C10H12ClN3/c1-14-6-13-9-4-7(2-3-12)8(11)5-10(9)14/h4-6H,2-3,12H2,1H3. The van der Waals surface area contributed by atoms with Gasteiger partial charge in [0.15, 0.2) is 0 Å². The molecule has 2 aromatic rings. The molecule has 0 unspecified atom stereocenters. The first-order valence-electron chi connectivity index (χ1n) is 4.52. The molecule has 1 heterocycles. The number of aromatic nitrogens is 2. The third-order valence-corrected chi connectivity index (χ3v) is 2.66. The zero-order valence-corrected chi connectivity index (χ0v) is 8.75. The Labute approximate surface area is 87.5 Å². The number of halogens is 1.